The molecule has 0 aromatic carbocycles. The molecule has 0 saturated heterocycles. The Hall–Kier alpha value is -1.82. The van der Waals surface area contributed by atoms with Gasteiger partial charge < -0.3 is 20.8 Å². The average Bonchev–Trinajstić information content (AvgIpc) is 2.75. The van der Waals surface area contributed by atoms with Gasteiger partial charge in [0.1, 0.15) is 0 Å². The van der Waals surface area contributed by atoms with Gasteiger partial charge in [0.2, 0.25) is 5.91 Å². The van der Waals surface area contributed by atoms with Gasteiger partial charge in [-0.1, -0.05) is 0 Å². The average molecular weight is 239 g/mol. The lowest BCUT2D eigenvalue weighted by Crippen LogP contribution is -2.50. The van der Waals surface area contributed by atoms with Gasteiger partial charge in [-0.15, -0.1) is 0 Å². The number of hydrogen-bond acceptors (Lipinski definition) is 4. The fourth-order valence-electron chi connectivity index (χ4n) is 1.07. The lowest BCUT2D eigenvalue weighted by molar-refractivity contribution is -0.125. The van der Waals surface area contributed by atoms with E-state index in [9.17, 15) is 9.59 Å². The van der Waals surface area contributed by atoms with Gasteiger partial charge in [-0.05, 0) is 26.0 Å². The molecule has 94 valence electrons. The molecular formula is C11H17N3O3. The third kappa shape index (κ3) is 4.28. The molecule has 0 saturated carbocycles. The summed E-state index contributed by atoms with van der Waals surface area (Å²) < 4.78 is 4.91. The predicted molar refractivity (Wildman–Crippen MR) is 62.3 cm³/mol. The predicted octanol–water partition coefficient (Wildman–Crippen LogP) is -0.137. The molecule has 1 aromatic rings. The summed E-state index contributed by atoms with van der Waals surface area (Å²) in [6.45, 7) is 3.88. The molecule has 0 aliphatic rings. The van der Waals surface area contributed by atoms with Crippen LogP contribution in [-0.4, -0.2) is 30.4 Å². The van der Waals surface area contributed by atoms with Crippen LogP contribution in [0.25, 0.3) is 0 Å². The summed E-state index contributed by atoms with van der Waals surface area (Å²) in [6, 6.07) is 3.20. The first-order valence-electron chi connectivity index (χ1n) is 5.30. The van der Waals surface area contributed by atoms with Gasteiger partial charge in [0.25, 0.3) is 5.91 Å². The Bertz CT molecular complexity index is 379. The number of nitrogens with two attached hydrogens (primary N) is 1. The topological polar surface area (TPSA) is 97.4 Å². The van der Waals surface area contributed by atoms with Crippen LogP contribution in [0.2, 0.25) is 0 Å². The van der Waals surface area contributed by atoms with E-state index in [4.69, 9.17) is 10.2 Å². The van der Waals surface area contributed by atoms with Crippen LogP contribution in [0.3, 0.4) is 0 Å². The highest BCUT2D eigenvalue weighted by Gasteiger charge is 2.20. The van der Waals surface area contributed by atoms with Crippen LogP contribution in [0.5, 0.6) is 0 Å². The molecule has 6 nitrogen and oxygen atoms in total. The number of nitrogens with one attached hydrogen (secondary N) is 2. The lowest BCUT2D eigenvalue weighted by atomic mass is 10.1. The fourth-order valence-corrected chi connectivity index (χ4v) is 1.07. The number of furan rings is 1. The minimum absolute atomic E-state index is 0.246. The zero-order chi connectivity index (χ0) is 12.9. The second-order valence-corrected chi connectivity index (χ2v) is 4.21. The molecule has 0 aliphatic heterocycles. The molecule has 4 N–H and O–H groups in total. The third-order valence-electron chi connectivity index (χ3n) is 2.03. The molecule has 6 heteroatoms. The highest BCUT2D eigenvalue weighted by Crippen LogP contribution is 1.98. The van der Waals surface area contributed by atoms with E-state index in [1.54, 1.807) is 26.0 Å². The molecule has 0 aliphatic carbocycles. The van der Waals surface area contributed by atoms with Crippen molar-refractivity contribution in [2.45, 2.75) is 19.4 Å². The van der Waals surface area contributed by atoms with Crippen LogP contribution in [-0.2, 0) is 4.79 Å². The summed E-state index contributed by atoms with van der Waals surface area (Å²) in [4.78, 5) is 22.8. The van der Waals surface area contributed by atoms with Gasteiger partial charge in [0.05, 0.1) is 11.8 Å². The zero-order valence-corrected chi connectivity index (χ0v) is 9.95. The first kappa shape index (κ1) is 13.2. The summed E-state index contributed by atoms with van der Waals surface area (Å²) in [6.07, 6.45) is 1.42. The summed E-state index contributed by atoms with van der Waals surface area (Å²) >= 11 is 0. The Morgan fingerprint density at radius 1 is 1.35 bits per heavy atom. The summed E-state index contributed by atoms with van der Waals surface area (Å²) in [5.41, 5.74) is 4.67. The smallest absolute Gasteiger partial charge is 0.287 e. The van der Waals surface area contributed by atoms with E-state index in [0.29, 0.717) is 13.1 Å². The molecule has 0 atom stereocenters. The number of hydrogen-bond donors (Lipinski definition) is 3. The molecule has 17 heavy (non-hydrogen) atoms. The van der Waals surface area contributed by atoms with Crippen molar-refractivity contribution in [2.24, 2.45) is 5.73 Å². The number of amides is 2. The summed E-state index contributed by atoms with van der Waals surface area (Å²) in [7, 11) is 0. The second-order valence-electron chi connectivity index (χ2n) is 4.21. The fraction of sp³-hybridized carbons (Fsp3) is 0.455. The maximum absolute atomic E-state index is 11.4. The van der Waals surface area contributed by atoms with E-state index in [1.165, 1.54) is 6.26 Å². The van der Waals surface area contributed by atoms with Crippen LogP contribution in [0.1, 0.15) is 24.4 Å². The van der Waals surface area contributed by atoms with E-state index in [0.717, 1.165) is 0 Å². The molecule has 2 amide bonds. The van der Waals surface area contributed by atoms with Crippen molar-refractivity contribution in [3.63, 3.8) is 0 Å². The van der Waals surface area contributed by atoms with Crippen LogP contribution in [0.15, 0.2) is 22.8 Å². The molecule has 0 unspecified atom stereocenters. The van der Waals surface area contributed by atoms with Crippen molar-refractivity contribution < 1.29 is 14.0 Å². The second kappa shape index (κ2) is 5.49. The van der Waals surface area contributed by atoms with Crippen LogP contribution >= 0.6 is 0 Å². The summed E-state index contributed by atoms with van der Waals surface area (Å²) in [5.74, 6) is -0.323. The van der Waals surface area contributed by atoms with Crippen molar-refractivity contribution in [2.75, 3.05) is 13.1 Å². The largest absolute Gasteiger partial charge is 0.459 e. The molecule has 0 bridgehead atoms. The van der Waals surface area contributed by atoms with Gasteiger partial charge in [0.15, 0.2) is 5.76 Å². The highest BCUT2D eigenvalue weighted by molar-refractivity contribution is 5.91. The Labute approximate surface area is 99.5 Å². The minimum Gasteiger partial charge on any atom is -0.459 e. The highest BCUT2D eigenvalue weighted by atomic mass is 16.3. The Balaban J connectivity index is 2.21. The van der Waals surface area contributed by atoms with Gasteiger partial charge >= 0.3 is 0 Å². The van der Waals surface area contributed by atoms with E-state index >= 15 is 0 Å². The van der Waals surface area contributed by atoms with Gasteiger partial charge in [-0.3, -0.25) is 9.59 Å². The third-order valence-corrected chi connectivity index (χ3v) is 2.03. The molecular weight excluding hydrogens is 222 g/mol. The number of carbonyl (C=O) groups is 2. The molecule has 0 radical (unpaired) electrons. The van der Waals surface area contributed by atoms with Gasteiger partial charge in [-0.25, -0.2) is 0 Å². The van der Waals surface area contributed by atoms with Crippen LogP contribution in [0, 0.1) is 0 Å². The SMILES string of the molecule is CC(C)(N)C(=O)NCCNC(=O)c1ccco1. The Morgan fingerprint density at radius 3 is 2.53 bits per heavy atom. The molecule has 0 spiro atoms. The van der Waals surface area contributed by atoms with Crippen molar-refractivity contribution in [3.05, 3.63) is 24.2 Å². The molecule has 1 rings (SSSR count). The maximum atomic E-state index is 11.4. The van der Waals surface area contributed by atoms with Crippen molar-refractivity contribution in [1.82, 2.24) is 10.6 Å². The number of carbonyl (C=O) groups excluding carboxylic acids is 2. The molecule has 1 aromatic heterocycles. The van der Waals surface area contributed by atoms with E-state index in [-0.39, 0.29) is 17.6 Å². The zero-order valence-electron chi connectivity index (χ0n) is 9.95. The van der Waals surface area contributed by atoms with E-state index in [2.05, 4.69) is 10.6 Å². The minimum atomic E-state index is -0.912. The lowest BCUT2D eigenvalue weighted by Gasteiger charge is -2.17. The maximum Gasteiger partial charge on any atom is 0.287 e. The van der Waals surface area contributed by atoms with E-state index < -0.39 is 5.54 Å². The quantitative estimate of drug-likeness (QED) is 0.623. The van der Waals surface area contributed by atoms with Crippen molar-refractivity contribution >= 4 is 11.8 Å². The Kier molecular flexibility index (Phi) is 4.28. The monoisotopic (exact) mass is 239 g/mol. The van der Waals surface area contributed by atoms with Crippen molar-refractivity contribution in [3.8, 4) is 0 Å². The first-order valence-corrected chi connectivity index (χ1v) is 5.30. The first-order chi connectivity index (χ1) is 7.91. The summed E-state index contributed by atoms with van der Waals surface area (Å²) in [5, 5.41) is 5.22. The molecule has 1 heterocycles. The standard InChI is InChI=1S/C11H17N3O3/c1-11(2,12)10(16)14-6-5-13-9(15)8-4-3-7-17-8/h3-4,7H,5-6,12H2,1-2H3,(H,13,15)(H,14,16). The van der Waals surface area contributed by atoms with E-state index in [1.807, 2.05) is 0 Å². The van der Waals surface area contributed by atoms with Gasteiger partial charge in [-0.2, -0.15) is 0 Å². The molecule has 0 fully saturated rings. The Morgan fingerprint density at radius 2 is 2.00 bits per heavy atom. The normalized spacial score (nSPS) is 11.0. The van der Waals surface area contributed by atoms with Crippen LogP contribution in [0.4, 0.5) is 0 Å². The number of rotatable bonds is 5. The van der Waals surface area contributed by atoms with Gasteiger partial charge in [0, 0.05) is 13.1 Å². The van der Waals surface area contributed by atoms with Crippen molar-refractivity contribution in [1.29, 1.82) is 0 Å². The van der Waals surface area contributed by atoms with Crippen LogP contribution < -0.4 is 16.4 Å².